The van der Waals surface area contributed by atoms with Crippen molar-refractivity contribution in [3.8, 4) is 17.2 Å². The number of carbonyl (C=O) groups excluding carboxylic acids is 2. The smallest absolute Gasteiger partial charge is 0.345 e. The molecule has 1 heterocycles. The number of cyclic esters (lactones) is 1. The van der Waals surface area contributed by atoms with Crippen LogP contribution in [0.5, 0.6) is 17.2 Å². The van der Waals surface area contributed by atoms with Gasteiger partial charge in [0.05, 0.1) is 30.9 Å². The van der Waals surface area contributed by atoms with E-state index in [0.717, 1.165) is 7.11 Å². The lowest BCUT2D eigenvalue weighted by atomic mass is 9.76. The van der Waals surface area contributed by atoms with E-state index in [4.69, 9.17) is 9.84 Å². The molecule has 2 rings (SSSR count). The van der Waals surface area contributed by atoms with Crippen molar-refractivity contribution < 1.29 is 54.2 Å². The third-order valence-electron chi connectivity index (χ3n) is 3.98. The zero-order valence-corrected chi connectivity index (χ0v) is 13.2. The van der Waals surface area contributed by atoms with Crippen molar-refractivity contribution in [2.24, 2.45) is 5.92 Å². The number of carboxylic acid groups (broad SMARTS) is 2. The molecule has 11 nitrogen and oxygen atoms in total. The fraction of sp³-hybridized carbons (Fsp3) is 0.333. The van der Waals surface area contributed by atoms with Crippen LogP contribution in [0.3, 0.4) is 0 Å². The molecule has 0 aromatic heterocycles. The van der Waals surface area contributed by atoms with Gasteiger partial charge in [0.25, 0.3) is 0 Å². The average Bonchev–Trinajstić information content (AvgIpc) is 2.57. The van der Waals surface area contributed by atoms with Gasteiger partial charge in [-0.1, -0.05) is 0 Å². The van der Waals surface area contributed by atoms with Crippen LogP contribution in [0, 0.1) is 5.92 Å². The van der Waals surface area contributed by atoms with Crippen LogP contribution in [0.4, 0.5) is 0 Å². The normalized spacial score (nSPS) is 19.8. The maximum Gasteiger partial charge on any atom is 0.345 e. The van der Waals surface area contributed by atoms with Gasteiger partial charge < -0.3 is 35.0 Å². The number of esters is 2. The van der Waals surface area contributed by atoms with Crippen molar-refractivity contribution in [2.75, 3.05) is 7.11 Å². The number of carboxylic acids is 2. The summed E-state index contributed by atoms with van der Waals surface area (Å²) in [5.41, 5.74) is -1.04. The topological polar surface area (TPSA) is 188 Å². The number of hydrogen-bond donors (Lipinski definition) is 5. The fourth-order valence-electron chi connectivity index (χ4n) is 2.88. The SMILES string of the molecule is COC(=O)[C@H](CC(=O)O)[C@H]1c2c(cc(O)c(O)c2O)C(=O)O[C@@H]1C(=O)O. The Kier molecular flexibility index (Phi) is 4.91. The lowest BCUT2D eigenvalue weighted by molar-refractivity contribution is -0.158. The zero-order chi connectivity index (χ0) is 19.8. The highest BCUT2D eigenvalue weighted by Crippen LogP contribution is 2.49. The molecule has 1 aromatic rings. The summed E-state index contributed by atoms with van der Waals surface area (Å²) >= 11 is 0. The van der Waals surface area contributed by atoms with Gasteiger partial charge in [0.15, 0.2) is 11.5 Å². The second kappa shape index (κ2) is 6.78. The molecule has 1 aromatic carbocycles. The van der Waals surface area contributed by atoms with E-state index < -0.39 is 76.6 Å². The van der Waals surface area contributed by atoms with Gasteiger partial charge in [-0.25, -0.2) is 9.59 Å². The number of methoxy groups -OCH3 is 1. The summed E-state index contributed by atoms with van der Waals surface area (Å²) in [6, 6.07) is 0.715. The quantitative estimate of drug-likeness (QED) is 0.340. The van der Waals surface area contributed by atoms with Crippen LogP contribution in [-0.4, -0.2) is 62.6 Å². The number of ether oxygens (including phenoxy) is 2. The van der Waals surface area contributed by atoms with Crippen molar-refractivity contribution in [1.82, 2.24) is 0 Å². The van der Waals surface area contributed by atoms with Crippen molar-refractivity contribution >= 4 is 23.9 Å². The van der Waals surface area contributed by atoms with E-state index >= 15 is 0 Å². The van der Waals surface area contributed by atoms with Crippen molar-refractivity contribution in [1.29, 1.82) is 0 Å². The number of phenols is 3. The average molecular weight is 370 g/mol. The Morgan fingerprint density at radius 2 is 1.81 bits per heavy atom. The molecule has 1 aliphatic rings. The molecule has 140 valence electrons. The van der Waals surface area contributed by atoms with Crippen molar-refractivity contribution in [2.45, 2.75) is 18.4 Å². The molecule has 0 spiro atoms. The molecule has 1 aliphatic heterocycles. The Morgan fingerprint density at radius 1 is 1.19 bits per heavy atom. The number of aliphatic carboxylic acids is 2. The molecule has 3 atom stereocenters. The Hall–Kier alpha value is -3.50. The lowest BCUT2D eigenvalue weighted by Gasteiger charge is -2.34. The van der Waals surface area contributed by atoms with E-state index in [-0.39, 0.29) is 0 Å². The Morgan fingerprint density at radius 3 is 2.31 bits per heavy atom. The molecular formula is C15H14O11. The van der Waals surface area contributed by atoms with Crippen molar-refractivity contribution in [3.63, 3.8) is 0 Å². The minimum absolute atomic E-state index is 0.514. The van der Waals surface area contributed by atoms with Crippen LogP contribution in [0.2, 0.25) is 0 Å². The Balaban J connectivity index is 2.78. The number of carbonyl (C=O) groups is 4. The molecule has 26 heavy (non-hydrogen) atoms. The van der Waals surface area contributed by atoms with Crippen LogP contribution in [-0.2, 0) is 23.9 Å². The first-order chi connectivity index (χ1) is 12.1. The zero-order valence-electron chi connectivity index (χ0n) is 13.2. The summed E-state index contributed by atoms with van der Waals surface area (Å²) in [5.74, 6) is -11.9. The number of fused-ring (bicyclic) bond motifs is 1. The standard InChI is InChI=1S/C15H14O11/c1-25-14(23)5(3-7(17)18)9-8-4(2-6(16)10(19)11(8)20)15(24)26-12(9)13(21)22/h2,5,9,12,16,19-20H,3H2,1H3,(H,17,18)(H,21,22)/t5-,9+,12+/m1/s1. The van der Waals surface area contributed by atoms with Crippen LogP contribution < -0.4 is 0 Å². The van der Waals surface area contributed by atoms with E-state index in [9.17, 15) is 39.6 Å². The monoisotopic (exact) mass is 370 g/mol. The second-order valence-electron chi connectivity index (χ2n) is 5.47. The summed E-state index contributed by atoms with van der Waals surface area (Å²) in [4.78, 5) is 46.7. The fourth-order valence-corrected chi connectivity index (χ4v) is 2.88. The third kappa shape index (κ3) is 3.06. The summed E-state index contributed by atoms with van der Waals surface area (Å²) in [6.45, 7) is 0. The number of hydrogen-bond acceptors (Lipinski definition) is 9. The number of benzene rings is 1. The van der Waals surface area contributed by atoms with Gasteiger partial charge in [0.1, 0.15) is 0 Å². The van der Waals surface area contributed by atoms with E-state index in [1.54, 1.807) is 0 Å². The summed E-state index contributed by atoms with van der Waals surface area (Å²) < 4.78 is 9.25. The molecule has 0 unspecified atom stereocenters. The van der Waals surface area contributed by atoms with E-state index in [2.05, 4.69) is 4.74 Å². The highest BCUT2D eigenvalue weighted by molar-refractivity contribution is 5.98. The van der Waals surface area contributed by atoms with Gasteiger partial charge in [-0.15, -0.1) is 0 Å². The van der Waals surface area contributed by atoms with E-state index in [0.29, 0.717) is 6.07 Å². The maximum absolute atomic E-state index is 12.1. The predicted molar refractivity (Wildman–Crippen MR) is 78.8 cm³/mol. The molecule has 0 fully saturated rings. The summed E-state index contributed by atoms with van der Waals surface area (Å²) in [5, 5.41) is 47.8. The molecule has 0 aliphatic carbocycles. The maximum atomic E-state index is 12.1. The van der Waals surface area contributed by atoms with Gasteiger partial charge in [0, 0.05) is 5.56 Å². The minimum Gasteiger partial charge on any atom is -0.504 e. The predicted octanol–water partition coefficient (Wildman–Crippen LogP) is -0.226. The highest BCUT2D eigenvalue weighted by Gasteiger charge is 2.50. The third-order valence-corrected chi connectivity index (χ3v) is 3.98. The Labute approximate surface area is 145 Å². The molecule has 0 radical (unpaired) electrons. The van der Waals surface area contributed by atoms with E-state index in [1.807, 2.05) is 0 Å². The van der Waals surface area contributed by atoms with Crippen LogP contribution in [0.25, 0.3) is 0 Å². The molecular weight excluding hydrogens is 356 g/mol. The van der Waals surface area contributed by atoms with Gasteiger partial charge in [-0.3, -0.25) is 9.59 Å². The van der Waals surface area contributed by atoms with Crippen molar-refractivity contribution in [3.05, 3.63) is 17.2 Å². The van der Waals surface area contributed by atoms with Gasteiger partial charge in [-0.05, 0) is 6.07 Å². The molecule has 0 saturated heterocycles. The van der Waals surface area contributed by atoms with Gasteiger partial charge in [0.2, 0.25) is 11.9 Å². The number of rotatable bonds is 5. The first-order valence-corrected chi connectivity index (χ1v) is 7.11. The molecule has 0 saturated carbocycles. The molecule has 5 N–H and O–H groups in total. The van der Waals surface area contributed by atoms with Gasteiger partial charge in [-0.2, -0.15) is 0 Å². The second-order valence-corrected chi connectivity index (χ2v) is 5.47. The van der Waals surface area contributed by atoms with Crippen LogP contribution in [0.15, 0.2) is 6.07 Å². The summed E-state index contributed by atoms with van der Waals surface area (Å²) in [6.07, 6.45) is -2.94. The largest absolute Gasteiger partial charge is 0.504 e. The summed E-state index contributed by atoms with van der Waals surface area (Å²) in [7, 11) is 0.941. The lowest BCUT2D eigenvalue weighted by Crippen LogP contribution is -2.44. The molecule has 0 bridgehead atoms. The molecule has 0 amide bonds. The molecule has 11 heteroatoms. The minimum atomic E-state index is -2.03. The first-order valence-electron chi connectivity index (χ1n) is 7.11. The van der Waals surface area contributed by atoms with E-state index in [1.165, 1.54) is 0 Å². The first kappa shape index (κ1) is 18.8. The number of phenolic OH excluding ortho intramolecular Hbond substituents is 3. The highest BCUT2D eigenvalue weighted by atomic mass is 16.6. The number of aromatic hydroxyl groups is 3. The van der Waals surface area contributed by atoms with Gasteiger partial charge >= 0.3 is 23.9 Å². The Bertz CT molecular complexity index is 797. The van der Waals surface area contributed by atoms with Crippen LogP contribution >= 0.6 is 0 Å². The van der Waals surface area contributed by atoms with Crippen LogP contribution in [0.1, 0.15) is 28.3 Å².